The molecule has 1 saturated carbocycles. The Hall–Kier alpha value is -1.07. The normalized spacial score (nSPS) is 15.8. The lowest BCUT2D eigenvalue weighted by Gasteiger charge is -2.07. The van der Waals surface area contributed by atoms with Crippen molar-refractivity contribution in [1.82, 2.24) is 4.72 Å². The first-order chi connectivity index (χ1) is 8.16. The summed E-state index contributed by atoms with van der Waals surface area (Å²) in [4.78, 5) is 0. The predicted octanol–water partition coefficient (Wildman–Crippen LogP) is 1.39. The van der Waals surface area contributed by atoms with Crippen molar-refractivity contribution in [3.8, 4) is 5.75 Å². The van der Waals surface area contributed by atoms with Crippen LogP contribution in [0.25, 0.3) is 0 Å². The van der Waals surface area contributed by atoms with Crippen molar-refractivity contribution in [2.45, 2.75) is 12.8 Å². The van der Waals surface area contributed by atoms with Crippen LogP contribution < -0.4 is 9.46 Å². The smallest absolute Gasteiger partial charge is 0.211 e. The molecule has 94 valence electrons. The molecule has 0 aromatic heterocycles. The van der Waals surface area contributed by atoms with Gasteiger partial charge in [-0.3, -0.25) is 0 Å². The number of hydrogen-bond donors (Lipinski definition) is 1. The second-order valence-corrected chi connectivity index (χ2v) is 6.13. The summed E-state index contributed by atoms with van der Waals surface area (Å²) in [5, 5.41) is 0. The van der Waals surface area contributed by atoms with Crippen molar-refractivity contribution in [2.75, 3.05) is 18.9 Å². The van der Waals surface area contributed by atoms with E-state index in [1.165, 1.54) is 0 Å². The van der Waals surface area contributed by atoms with Crippen LogP contribution in [0.3, 0.4) is 0 Å². The molecule has 1 aliphatic rings. The summed E-state index contributed by atoms with van der Waals surface area (Å²) in [7, 11) is -3.10. The summed E-state index contributed by atoms with van der Waals surface area (Å²) < 4.78 is 31.0. The Labute approximate surface area is 102 Å². The van der Waals surface area contributed by atoms with Gasteiger partial charge in [-0.05, 0) is 30.9 Å². The summed E-state index contributed by atoms with van der Waals surface area (Å²) in [6.45, 7) is 0.678. The summed E-state index contributed by atoms with van der Waals surface area (Å²) >= 11 is 0. The van der Waals surface area contributed by atoms with E-state index in [2.05, 4.69) is 4.72 Å². The fourth-order valence-electron chi connectivity index (χ4n) is 1.54. The van der Waals surface area contributed by atoms with Gasteiger partial charge in [0.15, 0.2) is 0 Å². The number of sulfonamides is 1. The topological polar surface area (TPSA) is 55.4 Å². The molecule has 17 heavy (non-hydrogen) atoms. The highest BCUT2D eigenvalue weighted by molar-refractivity contribution is 7.89. The molecule has 0 bridgehead atoms. The molecule has 0 heterocycles. The molecule has 2 rings (SSSR count). The lowest BCUT2D eigenvalue weighted by Crippen LogP contribution is -2.30. The maximum absolute atomic E-state index is 11.5. The van der Waals surface area contributed by atoms with Gasteiger partial charge in [0, 0.05) is 6.54 Å². The number of para-hydroxylation sites is 1. The maximum Gasteiger partial charge on any atom is 0.211 e. The third kappa shape index (κ3) is 4.75. The fourth-order valence-corrected chi connectivity index (χ4v) is 3.00. The Morgan fingerprint density at radius 3 is 2.59 bits per heavy atom. The first kappa shape index (κ1) is 12.4. The van der Waals surface area contributed by atoms with Gasteiger partial charge < -0.3 is 4.74 Å². The third-order valence-corrected chi connectivity index (χ3v) is 4.14. The van der Waals surface area contributed by atoms with E-state index in [-0.39, 0.29) is 5.75 Å². The van der Waals surface area contributed by atoms with Crippen LogP contribution in [0, 0.1) is 5.92 Å². The van der Waals surface area contributed by atoms with Gasteiger partial charge in [-0.2, -0.15) is 0 Å². The van der Waals surface area contributed by atoms with Gasteiger partial charge in [-0.15, -0.1) is 0 Å². The number of rotatable bonds is 7. The van der Waals surface area contributed by atoms with Crippen molar-refractivity contribution in [3.05, 3.63) is 30.3 Å². The molecule has 0 atom stereocenters. The molecule has 1 aromatic carbocycles. The molecule has 4 nitrogen and oxygen atoms in total. The predicted molar refractivity (Wildman–Crippen MR) is 66.5 cm³/mol. The van der Waals surface area contributed by atoms with E-state index in [0.717, 1.165) is 18.6 Å². The molecule has 1 N–H and O–H groups in total. The van der Waals surface area contributed by atoms with E-state index in [1.807, 2.05) is 30.3 Å². The zero-order valence-corrected chi connectivity index (χ0v) is 10.4. The first-order valence-electron chi connectivity index (χ1n) is 5.81. The molecule has 1 aromatic rings. The minimum atomic E-state index is -3.10. The second kappa shape index (κ2) is 5.51. The van der Waals surface area contributed by atoms with Crippen LogP contribution in [-0.4, -0.2) is 27.3 Å². The average Bonchev–Trinajstić information content (AvgIpc) is 3.09. The van der Waals surface area contributed by atoms with Crippen molar-refractivity contribution >= 4 is 10.0 Å². The summed E-state index contributed by atoms with van der Waals surface area (Å²) in [5.74, 6) is 1.40. The first-order valence-corrected chi connectivity index (χ1v) is 7.46. The van der Waals surface area contributed by atoms with Crippen LogP contribution in [0.15, 0.2) is 30.3 Å². The summed E-state index contributed by atoms with van der Waals surface area (Å²) in [6, 6.07) is 9.36. The van der Waals surface area contributed by atoms with E-state index in [0.29, 0.717) is 19.1 Å². The van der Waals surface area contributed by atoms with Gasteiger partial charge in [0.1, 0.15) is 12.4 Å². The zero-order valence-electron chi connectivity index (χ0n) is 9.63. The number of hydrogen-bond acceptors (Lipinski definition) is 3. The highest BCUT2D eigenvalue weighted by Gasteiger charge is 2.27. The standard InChI is InChI=1S/C12H17NO3S/c14-17(15,10-11-6-7-11)13-8-9-16-12-4-2-1-3-5-12/h1-5,11,13H,6-10H2. The van der Waals surface area contributed by atoms with Crippen LogP contribution in [0.4, 0.5) is 0 Å². The fraction of sp³-hybridized carbons (Fsp3) is 0.500. The number of benzene rings is 1. The van der Waals surface area contributed by atoms with Gasteiger partial charge in [0.05, 0.1) is 5.75 Å². The number of ether oxygens (including phenoxy) is 1. The quantitative estimate of drug-likeness (QED) is 0.749. The largest absolute Gasteiger partial charge is 0.492 e. The van der Waals surface area contributed by atoms with E-state index in [4.69, 9.17) is 4.74 Å². The van der Waals surface area contributed by atoms with Crippen LogP contribution >= 0.6 is 0 Å². The maximum atomic E-state index is 11.5. The Morgan fingerprint density at radius 1 is 1.24 bits per heavy atom. The minimum absolute atomic E-state index is 0.262. The molecule has 0 unspecified atom stereocenters. The monoisotopic (exact) mass is 255 g/mol. The molecule has 0 saturated heterocycles. The second-order valence-electron chi connectivity index (χ2n) is 4.28. The molecule has 1 fully saturated rings. The van der Waals surface area contributed by atoms with E-state index in [1.54, 1.807) is 0 Å². The van der Waals surface area contributed by atoms with Gasteiger partial charge in [-0.1, -0.05) is 18.2 Å². The van der Waals surface area contributed by atoms with Crippen LogP contribution in [0.5, 0.6) is 5.75 Å². The van der Waals surface area contributed by atoms with Gasteiger partial charge in [-0.25, -0.2) is 13.1 Å². The Morgan fingerprint density at radius 2 is 1.94 bits per heavy atom. The van der Waals surface area contributed by atoms with Crippen LogP contribution in [0.1, 0.15) is 12.8 Å². The van der Waals surface area contributed by atoms with Gasteiger partial charge >= 0.3 is 0 Å². The minimum Gasteiger partial charge on any atom is -0.492 e. The van der Waals surface area contributed by atoms with Crippen molar-refractivity contribution < 1.29 is 13.2 Å². The van der Waals surface area contributed by atoms with E-state index in [9.17, 15) is 8.42 Å². The Kier molecular flexibility index (Phi) is 4.02. The van der Waals surface area contributed by atoms with Crippen molar-refractivity contribution in [3.63, 3.8) is 0 Å². The molecule has 0 aliphatic heterocycles. The van der Waals surface area contributed by atoms with Crippen molar-refractivity contribution in [1.29, 1.82) is 0 Å². The summed E-state index contributed by atoms with van der Waals surface area (Å²) in [5.41, 5.74) is 0. The molecule has 0 radical (unpaired) electrons. The SMILES string of the molecule is O=S(=O)(CC1CC1)NCCOc1ccccc1. The molecule has 5 heteroatoms. The Balaban J connectivity index is 1.65. The molecule has 1 aliphatic carbocycles. The highest BCUT2D eigenvalue weighted by Crippen LogP contribution is 2.29. The van der Waals surface area contributed by atoms with Gasteiger partial charge in [0.2, 0.25) is 10.0 Å². The lowest BCUT2D eigenvalue weighted by atomic mass is 10.3. The van der Waals surface area contributed by atoms with Crippen LogP contribution in [-0.2, 0) is 10.0 Å². The Bertz CT molecular complexity index is 440. The molecule has 0 spiro atoms. The molecule has 0 amide bonds. The van der Waals surface area contributed by atoms with E-state index < -0.39 is 10.0 Å². The zero-order chi connectivity index (χ0) is 12.1. The third-order valence-electron chi connectivity index (χ3n) is 2.59. The molecular weight excluding hydrogens is 238 g/mol. The van der Waals surface area contributed by atoms with Crippen LogP contribution in [0.2, 0.25) is 0 Å². The van der Waals surface area contributed by atoms with Crippen molar-refractivity contribution in [2.24, 2.45) is 5.92 Å². The number of nitrogens with one attached hydrogen (secondary N) is 1. The summed E-state index contributed by atoms with van der Waals surface area (Å²) in [6.07, 6.45) is 2.09. The highest BCUT2D eigenvalue weighted by atomic mass is 32.2. The lowest BCUT2D eigenvalue weighted by molar-refractivity contribution is 0.323. The average molecular weight is 255 g/mol. The molecular formula is C12H17NO3S. The van der Waals surface area contributed by atoms with Gasteiger partial charge in [0.25, 0.3) is 0 Å². The van der Waals surface area contributed by atoms with E-state index >= 15 is 0 Å².